The average molecular weight is 303 g/mol. The van der Waals surface area contributed by atoms with Crippen LogP contribution in [0, 0.1) is 0 Å². The second-order valence-corrected chi connectivity index (χ2v) is 6.44. The molecule has 0 spiro atoms. The smallest absolute Gasteiger partial charge is 0.159 e. The first-order valence-corrected chi connectivity index (χ1v) is 8.10. The first-order chi connectivity index (χ1) is 10.3. The highest BCUT2D eigenvalue weighted by Gasteiger charge is 2.31. The van der Waals surface area contributed by atoms with Gasteiger partial charge in [-0.15, -0.1) is 10.2 Å². The lowest BCUT2D eigenvalue weighted by Gasteiger charge is -2.35. The lowest BCUT2D eigenvalue weighted by atomic mass is 9.97. The number of nitrogens with zero attached hydrogens (tertiary/aromatic N) is 3. The predicted octanol–water partition coefficient (Wildman–Crippen LogP) is 3.32. The Bertz CT molecular complexity index is 660. The molecule has 2 fully saturated rings. The third-order valence-electron chi connectivity index (χ3n) is 4.80. The number of aromatic nitrogens is 2. The van der Waals surface area contributed by atoms with Gasteiger partial charge in [0.15, 0.2) is 11.0 Å². The van der Waals surface area contributed by atoms with Crippen LogP contribution in [0.25, 0.3) is 10.8 Å². The molecule has 2 saturated heterocycles. The highest BCUT2D eigenvalue weighted by Crippen LogP contribution is 2.30. The van der Waals surface area contributed by atoms with Crippen molar-refractivity contribution in [3.63, 3.8) is 0 Å². The molecule has 4 nitrogen and oxygen atoms in total. The summed E-state index contributed by atoms with van der Waals surface area (Å²) in [6, 6.07) is 9.30. The molecule has 0 amide bonds. The SMILES string of the molecule is Clc1nnc(NC2CCN3CCCC3C2)c2ccccc12. The number of anilines is 1. The summed E-state index contributed by atoms with van der Waals surface area (Å²) in [7, 11) is 0. The molecule has 0 saturated carbocycles. The van der Waals surface area contributed by atoms with Crippen molar-refractivity contribution in [2.24, 2.45) is 0 Å². The molecule has 2 aliphatic rings. The molecule has 1 aromatic heterocycles. The first-order valence-electron chi connectivity index (χ1n) is 7.73. The molecule has 2 atom stereocenters. The quantitative estimate of drug-likeness (QED) is 0.924. The zero-order valence-corrected chi connectivity index (χ0v) is 12.7. The van der Waals surface area contributed by atoms with Crippen LogP contribution in [0.15, 0.2) is 24.3 Å². The van der Waals surface area contributed by atoms with Crippen LogP contribution in [0.2, 0.25) is 5.15 Å². The number of hydrogen-bond acceptors (Lipinski definition) is 4. The number of piperidine rings is 1. The summed E-state index contributed by atoms with van der Waals surface area (Å²) < 4.78 is 0. The van der Waals surface area contributed by atoms with Gasteiger partial charge in [-0.1, -0.05) is 35.9 Å². The van der Waals surface area contributed by atoms with E-state index in [1.165, 1.54) is 38.8 Å². The highest BCUT2D eigenvalue weighted by molar-refractivity contribution is 6.34. The molecular formula is C16H19ClN4. The molecule has 0 aliphatic carbocycles. The number of halogens is 1. The van der Waals surface area contributed by atoms with Crippen molar-refractivity contribution in [2.45, 2.75) is 37.8 Å². The van der Waals surface area contributed by atoms with Gasteiger partial charge in [0.2, 0.25) is 0 Å². The molecule has 2 aromatic rings. The van der Waals surface area contributed by atoms with Crippen molar-refractivity contribution in [2.75, 3.05) is 18.4 Å². The van der Waals surface area contributed by atoms with E-state index in [1.54, 1.807) is 0 Å². The van der Waals surface area contributed by atoms with E-state index in [4.69, 9.17) is 11.6 Å². The Kier molecular flexibility index (Phi) is 3.43. The van der Waals surface area contributed by atoms with E-state index in [9.17, 15) is 0 Å². The molecule has 1 aromatic carbocycles. The van der Waals surface area contributed by atoms with E-state index in [2.05, 4.69) is 26.5 Å². The topological polar surface area (TPSA) is 41.1 Å². The van der Waals surface area contributed by atoms with Gasteiger partial charge in [-0.25, -0.2) is 0 Å². The largest absolute Gasteiger partial charge is 0.365 e. The highest BCUT2D eigenvalue weighted by atomic mass is 35.5. The Morgan fingerprint density at radius 2 is 1.95 bits per heavy atom. The predicted molar refractivity (Wildman–Crippen MR) is 85.8 cm³/mol. The third kappa shape index (κ3) is 2.47. The summed E-state index contributed by atoms with van der Waals surface area (Å²) in [5, 5.41) is 14.5. The fraction of sp³-hybridized carbons (Fsp3) is 0.500. The minimum Gasteiger partial charge on any atom is -0.365 e. The molecule has 3 heterocycles. The third-order valence-corrected chi connectivity index (χ3v) is 5.08. The standard InChI is InChI=1S/C16H19ClN4/c17-15-13-5-1-2-6-14(13)16(20-19-15)18-11-7-9-21-8-3-4-12(21)10-11/h1-2,5-6,11-12H,3-4,7-10H2,(H,18,20). The number of hydrogen-bond donors (Lipinski definition) is 1. The Morgan fingerprint density at radius 3 is 2.86 bits per heavy atom. The van der Waals surface area contributed by atoms with Crippen LogP contribution in [-0.4, -0.2) is 40.3 Å². The first kappa shape index (κ1) is 13.3. The summed E-state index contributed by atoms with van der Waals surface area (Å²) in [4.78, 5) is 2.63. The Morgan fingerprint density at radius 1 is 1.10 bits per heavy atom. The Balaban J connectivity index is 1.58. The van der Waals surface area contributed by atoms with Gasteiger partial charge in [0.05, 0.1) is 0 Å². The maximum atomic E-state index is 6.14. The van der Waals surface area contributed by atoms with E-state index in [-0.39, 0.29) is 0 Å². The molecule has 2 aliphatic heterocycles. The molecule has 2 unspecified atom stereocenters. The molecule has 110 valence electrons. The number of rotatable bonds is 2. The molecular weight excluding hydrogens is 284 g/mol. The van der Waals surface area contributed by atoms with Crippen LogP contribution in [0.1, 0.15) is 25.7 Å². The summed E-state index contributed by atoms with van der Waals surface area (Å²) in [6.45, 7) is 2.47. The van der Waals surface area contributed by atoms with Crippen LogP contribution >= 0.6 is 11.6 Å². The maximum Gasteiger partial charge on any atom is 0.159 e. The maximum absolute atomic E-state index is 6.14. The van der Waals surface area contributed by atoms with Gasteiger partial charge < -0.3 is 10.2 Å². The zero-order chi connectivity index (χ0) is 14.2. The molecule has 1 N–H and O–H groups in total. The monoisotopic (exact) mass is 302 g/mol. The van der Waals surface area contributed by atoms with Gasteiger partial charge in [0, 0.05) is 29.4 Å². The lowest BCUT2D eigenvalue weighted by molar-refractivity contribution is 0.188. The minimum atomic E-state index is 0.474. The minimum absolute atomic E-state index is 0.474. The van der Waals surface area contributed by atoms with Crippen LogP contribution < -0.4 is 5.32 Å². The van der Waals surface area contributed by atoms with E-state index in [0.29, 0.717) is 11.2 Å². The summed E-state index contributed by atoms with van der Waals surface area (Å²) in [5.74, 6) is 0.867. The molecule has 4 rings (SSSR count). The van der Waals surface area contributed by atoms with Crippen LogP contribution in [0.5, 0.6) is 0 Å². The van der Waals surface area contributed by atoms with Gasteiger partial charge in [0.25, 0.3) is 0 Å². The second kappa shape index (κ2) is 5.43. The van der Waals surface area contributed by atoms with Crippen molar-refractivity contribution >= 4 is 28.2 Å². The van der Waals surface area contributed by atoms with Crippen LogP contribution in [-0.2, 0) is 0 Å². The average Bonchev–Trinajstić information content (AvgIpc) is 2.98. The Hall–Kier alpha value is -1.39. The molecule has 21 heavy (non-hydrogen) atoms. The van der Waals surface area contributed by atoms with Crippen molar-refractivity contribution in [3.8, 4) is 0 Å². The Labute approximate surface area is 129 Å². The van der Waals surface area contributed by atoms with Gasteiger partial charge in [-0.3, -0.25) is 0 Å². The lowest BCUT2D eigenvalue weighted by Crippen LogP contribution is -2.42. The number of fused-ring (bicyclic) bond motifs is 2. The van der Waals surface area contributed by atoms with Crippen LogP contribution in [0.3, 0.4) is 0 Å². The molecule has 0 radical (unpaired) electrons. The van der Waals surface area contributed by atoms with Gasteiger partial charge in [-0.05, 0) is 32.2 Å². The van der Waals surface area contributed by atoms with Crippen LogP contribution in [0.4, 0.5) is 5.82 Å². The second-order valence-electron chi connectivity index (χ2n) is 6.08. The fourth-order valence-corrected chi connectivity index (χ4v) is 3.93. The number of nitrogens with one attached hydrogen (secondary N) is 1. The van der Waals surface area contributed by atoms with E-state index >= 15 is 0 Å². The van der Waals surface area contributed by atoms with E-state index in [0.717, 1.165) is 22.6 Å². The van der Waals surface area contributed by atoms with Crippen molar-refractivity contribution < 1.29 is 0 Å². The van der Waals surface area contributed by atoms with Gasteiger partial charge in [0.1, 0.15) is 0 Å². The fourth-order valence-electron chi connectivity index (χ4n) is 3.73. The summed E-state index contributed by atoms with van der Waals surface area (Å²) in [6.07, 6.45) is 5.07. The van der Waals surface area contributed by atoms with Crippen molar-refractivity contribution in [3.05, 3.63) is 29.4 Å². The molecule has 0 bridgehead atoms. The van der Waals surface area contributed by atoms with Crippen molar-refractivity contribution in [1.82, 2.24) is 15.1 Å². The van der Waals surface area contributed by atoms with Gasteiger partial charge >= 0.3 is 0 Å². The zero-order valence-electron chi connectivity index (χ0n) is 11.9. The summed E-state index contributed by atoms with van der Waals surface area (Å²) in [5.41, 5.74) is 0. The van der Waals surface area contributed by atoms with E-state index < -0.39 is 0 Å². The number of benzene rings is 1. The van der Waals surface area contributed by atoms with Crippen molar-refractivity contribution in [1.29, 1.82) is 0 Å². The van der Waals surface area contributed by atoms with Gasteiger partial charge in [-0.2, -0.15) is 0 Å². The normalized spacial score (nSPS) is 26.0. The van der Waals surface area contributed by atoms with E-state index in [1.807, 2.05) is 18.2 Å². The molecule has 5 heteroatoms. The summed E-state index contributed by atoms with van der Waals surface area (Å²) >= 11 is 6.14.